The van der Waals surface area contributed by atoms with Crippen LogP contribution in [0.3, 0.4) is 0 Å². The van der Waals surface area contributed by atoms with Gasteiger partial charge in [0.25, 0.3) is 11.7 Å². The molecule has 1 N–H and O–H groups in total. The fraction of sp³-hybridized carbons (Fsp3) is 0.400. The summed E-state index contributed by atoms with van der Waals surface area (Å²) in [4.78, 5) is 21.2. The van der Waals surface area contributed by atoms with Crippen molar-refractivity contribution in [2.75, 3.05) is 13.2 Å². The lowest BCUT2D eigenvalue weighted by atomic mass is 9.97. The Morgan fingerprint density at radius 1 is 1.37 bits per heavy atom. The van der Waals surface area contributed by atoms with Crippen LogP contribution in [-0.2, 0) is 6.42 Å². The summed E-state index contributed by atoms with van der Waals surface area (Å²) in [6, 6.07) is 9.90. The van der Waals surface area contributed by atoms with E-state index < -0.39 is 0 Å². The number of rotatable bonds is 4. The van der Waals surface area contributed by atoms with Gasteiger partial charge in [-0.1, -0.05) is 32.0 Å². The van der Waals surface area contributed by atoms with Crippen molar-refractivity contribution >= 4 is 11.7 Å². The highest BCUT2D eigenvalue weighted by molar-refractivity contribution is 5.92. The van der Waals surface area contributed by atoms with Crippen LogP contribution >= 0.6 is 0 Å². The standard InChI is InChI=1S/C20H23N5O2/c1-13(2)17-10-16(24-20-22-12-23-25(17)20)19(26)21-11-14-7-8-27-18-6-4-3-5-15(18)9-14/h3-6,10,12-14H,7-9,11H2,1-2H3,(H,21,26)/t14-/m1/s1. The van der Waals surface area contributed by atoms with Crippen LogP contribution in [0.1, 0.15) is 47.9 Å². The Balaban J connectivity index is 1.47. The second-order valence-electron chi connectivity index (χ2n) is 7.22. The number of hydrogen-bond acceptors (Lipinski definition) is 5. The molecular formula is C20H23N5O2. The fourth-order valence-corrected chi connectivity index (χ4v) is 3.43. The van der Waals surface area contributed by atoms with Crippen molar-refractivity contribution < 1.29 is 9.53 Å². The van der Waals surface area contributed by atoms with Gasteiger partial charge in [0.05, 0.1) is 12.3 Å². The number of amides is 1. The maximum atomic E-state index is 12.7. The minimum Gasteiger partial charge on any atom is -0.493 e. The van der Waals surface area contributed by atoms with Gasteiger partial charge in [0.1, 0.15) is 17.8 Å². The number of ether oxygens (including phenoxy) is 1. The van der Waals surface area contributed by atoms with E-state index in [0.717, 1.165) is 24.3 Å². The maximum absolute atomic E-state index is 12.7. The summed E-state index contributed by atoms with van der Waals surface area (Å²) in [6.07, 6.45) is 3.26. The molecule has 4 rings (SSSR count). The summed E-state index contributed by atoms with van der Waals surface area (Å²) in [5.74, 6) is 1.76. The molecule has 0 saturated carbocycles. The number of benzene rings is 1. The third kappa shape index (κ3) is 3.63. The number of carbonyl (C=O) groups excluding carboxylic acids is 1. The summed E-state index contributed by atoms with van der Waals surface area (Å²) < 4.78 is 7.49. The summed E-state index contributed by atoms with van der Waals surface area (Å²) in [5.41, 5.74) is 2.49. The van der Waals surface area contributed by atoms with Gasteiger partial charge >= 0.3 is 0 Å². The molecule has 0 saturated heterocycles. The molecule has 0 unspecified atom stereocenters. The third-order valence-corrected chi connectivity index (χ3v) is 4.92. The van der Waals surface area contributed by atoms with E-state index in [1.807, 2.05) is 18.2 Å². The van der Waals surface area contributed by atoms with Crippen molar-refractivity contribution in [2.24, 2.45) is 5.92 Å². The van der Waals surface area contributed by atoms with Gasteiger partial charge in [-0.2, -0.15) is 10.1 Å². The second-order valence-corrected chi connectivity index (χ2v) is 7.22. The monoisotopic (exact) mass is 365 g/mol. The van der Waals surface area contributed by atoms with Crippen molar-refractivity contribution in [3.63, 3.8) is 0 Å². The molecule has 1 amide bonds. The predicted molar refractivity (Wildman–Crippen MR) is 101 cm³/mol. The fourth-order valence-electron chi connectivity index (χ4n) is 3.43. The highest BCUT2D eigenvalue weighted by Crippen LogP contribution is 2.26. The first-order valence-corrected chi connectivity index (χ1v) is 9.31. The van der Waals surface area contributed by atoms with Crippen LogP contribution in [0.15, 0.2) is 36.7 Å². The number of fused-ring (bicyclic) bond motifs is 2. The van der Waals surface area contributed by atoms with Crippen LogP contribution in [0.5, 0.6) is 5.75 Å². The molecule has 0 radical (unpaired) electrons. The van der Waals surface area contributed by atoms with Crippen molar-refractivity contribution in [2.45, 2.75) is 32.6 Å². The number of hydrogen-bond donors (Lipinski definition) is 1. The van der Waals surface area contributed by atoms with E-state index >= 15 is 0 Å². The third-order valence-electron chi connectivity index (χ3n) is 4.92. The van der Waals surface area contributed by atoms with Gasteiger partial charge in [-0.25, -0.2) is 9.50 Å². The Bertz CT molecular complexity index is 966. The quantitative estimate of drug-likeness (QED) is 0.769. The Kier molecular flexibility index (Phi) is 4.75. The Morgan fingerprint density at radius 3 is 3.07 bits per heavy atom. The molecule has 27 heavy (non-hydrogen) atoms. The first-order valence-electron chi connectivity index (χ1n) is 9.31. The molecule has 3 heterocycles. The second kappa shape index (κ2) is 7.34. The summed E-state index contributed by atoms with van der Waals surface area (Å²) >= 11 is 0. The SMILES string of the molecule is CC(C)c1cc(C(=O)NC[C@@H]2CCOc3ccccc3C2)nc2ncnn12. The number of aromatic nitrogens is 4. The van der Waals surface area contributed by atoms with Crippen molar-refractivity contribution in [3.8, 4) is 5.75 Å². The molecule has 0 spiro atoms. The maximum Gasteiger partial charge on any atom is 0.270 e. The number of para-hydroxylation sites is 1. The van der Waals surface area contributed by atoms with Crippen LogP contribution in [0.2, 0.25) is 0 Å². The molecule has 1 aliphatic rings. The van der Waals surface area contributed by atoms with Gasteiger partial charge < -0.3 is 10.1 Å². The molecule has 0 bridgehead atoms. The molecule has 140 valence electrons. The average Bonchev–Trinajstić information content (AvgIpc) is 3.04. The van der Waals surface area contributed by atoms with Crippen LogP contribution in [0.25, 0.3) is 5.78 Å². The Hall–Kier alpha value is -2.96. The number of nitrogens with zero attached hydrogens (tertiary/aromatic N) is 4. The van der Waals surface area contributed by atoms with E-state index in [-0.39, 0.29) is 11.8 Å². The predicted octanol–water partition coefficient (Wildman–Crippen LogP) is 2.62. The van der Waals surface area contributed by atoms with E-state index in [1.165, 1.54) is 11.9 Å². The minimum absolute atomic E-state index is 0.180. The number of nitrogens with one attached hydrogen (secondary N) is 1. The Morgan fingerprint density at radius 2 is 2.22 bits per heavy atom. The van der Waals surface area contributed by atoms with Gasteiger partial charge in [0.15, 0.2) is 0 Å². The van der Waals surface area contributed by atoms with E-state index in [9.17, 15) is 4.79 Å². The molecule has 2 aromatic heterocycles. The van der Waals surface area contributed by atoms with Crippen LogP contribution in [-0.4, -0.2) is 38.6 Å². The summed E-state index contributed by atoms with van der Waals surface area (Å²) in [5, 5.41) is 7.22. The lowest BCUT2D eigenvalue weighted by Crippen LogP contribution is -2.31. The molecule has 1 aromatic carbocycles. The van der Waals surface area contributed by atoms with Gasteiger partial charge in [0.2, 0.25) is 0 Å². The average molecular weight is 365 g/mol. The Labute approximate surface area is 157 Å². The first-order chi connectivity index (χ1) is 13.1. The zero-order valence-electron chi connectivity index (χ0n) is 15.6. The van der Waals surface area contributed by atoms with Crippen molar-refractivity contribution in [3.05, 3.63) is 53.6 Å². The largest absolute Gasteiger partial charge is 0.493 e. The summed E-state index contributed by atoms with van der Waals surface area (Å²) in [7, 11) is 0. The zero-order chi connectivity index (χ0) is 18.8. The molecular weight excluding hydrogens is 342 g/mol. The zero-order valence-corrected chi connectivity index (χ0v) is 15.6. The van der Waals surface area contributed by atoms with Crippen LogP contribution in [0, 0.1) is 5.92 Å². The van der Waals surface area contributed by atoms with E-state index in [2.05, 4.69) is 40.3 Å². The smallest absolute Gasteiger partial charge is 0.270 e. The van der Waals surface area contributed by atoms with Crippen LogP contribution in [0.4, 0.5) is 0 Å². The van der Waals surface area contributed by atoms with Crippen molar-refractivity contribution in [1.29, 1.82) is 0 Å². The van der Waals surface area contributed by atoms with E-state index in [4.69, 9.17) is 4.74 Å². The topological polar surface area (TPSA) is 81.4 Å². The minimum atomic E-state index is -0.180. The van der Waals surface area contributed by atoms with Gasteiger partial charge in [-0.15, -0.1) is 0 Å². The van der Waals surface area contributed by atoms with Gasteiger partial charge in [-0.05, 0) is 42.4 Å². The van der Waals surface area contributed by atoms with Gasteiger partial charge in [-0.3, -0.25) is 4.79 Å². The van der Waals surface area contributed by atoms with Crippen LogP contribution < -0.4 is 10.1 Å². The molecule has 3 aromatic rings. The highest BCUT2D eigenvalue weighted by atomic mass is 16.5. The normalized spacial score (nSPS) is 16.6. The number of carbonyl (C=O) groups is 1. The first kappa shape index (κ1) is 17.5. The molecule has 7 heteroatoms. The van der Waals surface area contributed by atoms with Crippen molar-refractivity contribution in [1.82, 2.24) is 24.9 Å². The molecule has 1 atom stereocenters. The molecule has 0 fully saturated rings. The molecule has 0 aliphatic carbocycles. The summed E-state index contributed by atoms with van der Waals surface area (Å²) in [6.45, 7) is 5.37. The lowest BCUT2D eigenvalue weighted by molar-refractivity contribution is 0.0940. The lowest BCUT2D eigenvalue weighted by Gasteiger charge is -2.15. The van der Waals surface area contributed by atoms with E-state index in [1.54, 1.807) is 10.6 Å². The highest BCUT2D eigenvalue weighted by Gasteiger charge is 2.20. The van der Waals surface area contributed by atoms with Gasteiger partial charge in [0, 0.05) is 6.54 Å². The molecule has 7 nitrogen and oxygen atoms in total. The van der Waals surface area contributed by atoms with E-state index in [0.29, 0.717) is 30.5 Å². The molecule has 1 aliphatic heterocycles.